The first-order valence-corrected chi connectivity index (χ1v) is 8.31. The van der Waals surface area contributed by atoms with Gasteiger partial charge in [-0.1, -0.05) is 18.2 Å². The summed E-state index contributed by atoms with van der Waals surface area (Å²) in [6, 6.07) is 9.76. The van der Waals surface area contributed by atoms with Crippen molar-refractivity contribution in [2.75, 3.05) is 31.4 Å². The lowest BCUT2D eigenvalue weighted by molar-refractivity contribution is 0.0759. The first kappa shape index (κ1) is 15.6. The van der Waals surface area contributed by atoms with Gasteiger partial charge in [-0.3, -0.25) is 4.79 Å². The molecule has 2 aromatic rings. The molecule has 1 heterocycles. The number of para-hydroxylation sites is 1. The van der Waals surface area contributed by atoms with Crippen LogP contribution in [-0.4, -0.2) is 47.9 Å². The quantitative estimate of drug-likeness (QED) is 0.922. The van der Waals surface area contributed by atoms with Crippen LogP contribution in [0.25, 0.3) is 10.9 Å². The van der Waals surface area contributed by atoms with E-state index in [1.807, 2.05) is 44.4 Å². The molecule has 1 aromatic carbocycles. The van der Waals surface area contributed by atoms with E-state index in [-0.39, 0.29) is 11.9 Å². The predicted octanol–water partition coefficient (Wildman–Crippen LogP) is 3.10. The Bertz CT molecular complexity index is 644. The number of hydrogen-bond donors (Lipinski definition) is 1. The molecule has 2 rings (SSSR count). The normalized spacial score (nSPS) is 12.2. The molecule has 21 heavy (non-hydrogen) atoms. The number of hydrogen-bond acceptors (Lipinski definition) is 4. The van der Waals surface area contributed by atoms with Crippen molar-refractivity contribution < 1.29 is 4.79 Å². The number of carbonyl (C=O) groups is 1. The maximum Gasteiger partial charge on any atom is 0.254 e. The van der Waals surface area contributed by atoms with Gasteiger partial charge in [0, 0.05) is 31.3 Å². The Kier molecular flexibility index (Phi) is 5.07. The van der Waals surface area contributed by atoms with E-state index >= 15 is 0 Å². The van der Waals surface area contributed by atoms with Crippen molar-refractivity contribution in [2.24, 2.45) is 0 Å². The van der Waals surface area contributed by atoms with Crippen molar-refractivity contribution in [3.05, 3.63) is 35.9 Å². The largest absolute Gasteiger partial charge is 0.373 e. The van der Waals surface area contributed by atoms with Crippen molar-refractivity contribution in [3.8, 4) is 0 Å². The van der Waals surface area contributed by atoms with Gasteiger partial charge in [0.25, 0.3) is 5.91 Å². The number of pyridine rings is 1. The number of benzene rings is 1. The first-order chi connectivity index (χ1) is 10.1. The van der Waals surface area contributed by atoms with Crippen molar-refractivity contribution in [1.29, 1.82) is 0 Å². The van der Waals surface area contributed by atoms with Gasteiger partial charge in [-0.25, -0.2) is 4.98 Å². The van der Waals surface area contributed by atoms with Crippen LogP contribution in [0, 0.1) is 0 Å². The van der Waals surface area contributed by atoms with E-state index in [9.17, 15) is 4.79 Å². The third-order valence-electron chi connectivity index (χ3n) is 3.59. The Hall–Kier alpha value is -1.75. The molecular weight excluding hydrogens is 282 g/mol. The molecule has 0 bridgehead atoms. The number of nitrogens with one attached hydrogen (secondary N) is 1. The molecule has 4 nitrogen and oxygen atoms in total. The van der Waals surface area contributed by atoms with Gasteiger partial charge in [0.05, 0.1) is 11.1 Å². The zero-order chi connectivity index (χ0) is 15.4. The van der Waals surface area contributed by atoms with Crippen molar-refractivity contribution in [3.63, 3.8) is 0 Å². The van der Waals surface area contributed by atoms with E-state index in [4.69, 9.17) is 0 Å². The maximum absolute atomic E-state index is 12.8. The minimum Gasteiger partial charge on any atom is -0.373 e. The van der Waals surface area contributed by atoms with Crippen LogP contribution in [-0.2, 0) is 0 Å². The Morgan fingerprint density at radius 3 is 2.81 bits per heavy atom. The second-order valence-corrected chi connectivity index (χ2v) is 5.95. The molecule has 0 fully saturated rings. The maximum atomic E-state index is 12.8. The highest BCUT2D eigenvalue weighted by Gasteiger charge is 2.20. The Morgan fingerprint density at radius 1 is 1.43 bits per heavy atom. The molecule has 1 amide bonds. The van der Waals surface area contributed by atoms with Crippen LogP contribution in [0.1, 0.15) is 17.3 Å². The Balaban J connectivity index is 2.46. The highest BCUT2D eigenvalue weighted by atomic mass is 32.2. The van der Waals surface area contributed by atoms with Gasteiger partial charge in [0.2, 0.25) is 0 Å². The number of nitrogens with zero attached hydrogens (tertiary/aromatic N) is 2. The smallest absolute Gasteiger partial charge is 0.254 e. The highest BCUT2D eigenvalue weighted by Crippen LogP contribution is 2.22. The number of carbonyl (C=O) groups excluding carboxylic acids is 1. The number of anilines is 1. The zero-order valence-electron chi connectivity index (χ0n) is 12.9. The summed E-state index contributed by atoms with van der Waals surface area (Å²) in [6.07, 6.45) is 2.05. The van der Waals surface area contributed by atoms with Crippen LogP contribution in [0.15, 0.2) is 30.3 Å². The van der Waals surface area contributed by atoms with Gasteiger partial charge in [-0.15, -0.1) is 0 Å². The first-order valence-electron chi connectivity index (χ1n) is 6.92. The predicted molar refractivity (Wildman–Crippen MR) is 91.2 cm³/mol. The van der Waals surface area contributed by atoms with Crippen LogP contribution in [0.5, 0.6) is 0 Å². The molecule has 0 spiro atoms. The monoisotopic (exact) mass is 303 g/mol. The van der Waals surface area contributed by atoms with Gasteiger partial charge in [0.1, 0.15) is 5.82 Å². The Labute approximate surface area is 129 Å². The molecule has 1 aromatic heterocycles. The van der Waals surface area contributed by atoms with Crippen LogP contribution < -0.4 is 5.32 Å². The summed E-state index contributed by atoms with van der Waals surface area (Å²) in [5, 5.41) is 3.91. The molecule has 0 radical (unpaired) electrons. The van der Waals surface area contributed by atoms with E-state index in [2.05, 4.69) is 23.5 Å². The van der Waals surface area contributed by atoms with Crippen molar-refractivity contribution in [2.45, 2.75) is 13.0 Å². The van der Waals surface area contributed by atoms with Crippen LogP contribution >= 0.6 is 11.8 Å². The van der Waals surface area contributed by atoms with Gasteiger partial charge < -0.3 is 10.2 Å². The van der Waals surface area contributed by atoms with E-state index in [0.29, 0.717) is 11.4 Å². The summed E-state index contributed by atoms with van der Waals surface area (Å²) >= 11 is 1.74. The third-order valence-corrected chi connectivity index (χ3v) is 4.41. The third kappa shape index (κ3) is 3.29. The summed E-state index contributed by atoms with van der Waals surface area (Å²) in [7, 11) is 3.67. The van der Waals surface area contributed by atoms with E-state index in [0.717, 1.165) is 16.7 Å². The SMILES string of the molecule is CNc1cc(C(=O)N(C)C(C)CSC)c2ccccc2n1. The van der Waals surface area contributed by atoms with Gasteiger partial charge in [0.15, 0.2) is 0 Å². The molecule has 0 aliphatic heterocycles. The summed E-state index contributed by atoms with van der Waals surface area (Å²) in [4.78, 5) is 19.1. The van der Waals surface area contributed by atoms with E-state index in [1.165, 1.54) is 0 Å². The minimum absolute atomic E-state index is 0.0339. The van der Waals surface area contributed by atoms with Gasteiger partial charge >= 0.3 is 0 Å². The average molecular weight is 303 g/mol. The number of fused-ring (bicyclic) bond motifs is 1. The van der Waals surface area contributed by atoms with E-state index < -0.39 is 0 Å². The lowest BCUT2D eigenvalue weighted by Gasteiger charge is -2.25. The van der Waals surface area contributed by atoms with Crippen LogP contribution in [0.2, 0.25) is 0 Å². The molecule has 0 aliphatic carbocycles. The van der Waals surface area contributed by atoms with Gasteiger partial charge in [-0.05, 0) is 25.3 Å². The second kappa shape index (κ2) is 6.80. The minimum atomic E-state index is 0.0339. The second-order valence-electron chi connectivity index (χ2n) is 5.04. The molecule has 0 saturated carbocycles. The van der Waals surface area contributed by atoms with Gasteiger partial charge in [-0.2, -0.15) is 11.8 Å². The van der Waals surface area contributed by atoms with Crippen molar-refractivity contribution in [1.82, 2.24) is 9.88 Å². The molecule has 0 aliphatic rings. The fourth-order valence-electron chi connectivity index (χ4n) is 2.22. The summed E-state index contributed by atoms with van der Waals surface area (Å²) in [5.74, 6) is 1.67. The van der Waals surface area contributed by atoms with Crippen molar-refractivity contribution >= 4 is 34.4 Å². The van der Waals surface area contributed by atoms with E-state index in [1.54, 1.807) is 16.7 Å². The summed E-state index contributed by atoms with van der Waals surface area (Å²) < 4.78 is 0. The fourth-order valence-corrected chi connectivity index (χ4v) is 2.93. The number of thioether (sulfide) groups is 1. The number of aromatic nitrogens is 1. The lowest BCUT2D eigenvalue weighted by Crippen LogP contribution is -2.36. The molecule has 112 valence electrons. The molecule has 1 unspecified atom stereocenters. The molecular formula is C16H21N3OS. The average Bonchev–Trinajstić information content (AvgIpc) is 2.52. The summed E-state index contributed by atoms with van der Waals surface area (Å²) in [5.41, 5.74) is 1.53. The number of amides is 1. The van der Waals surface area contributed by atoms with Crippen LogP contribution in [0.4, 0.5) is 5.82 Å². The molecule has 1 atom stereocenters. The number of rotatable bonds is 5. The zero-order valence-corrected chi connectivity index (χ0v) is 13.7. The Morgan fingerprint density at radius 2 is 2.14 bits per heavy atom. The standard InChI is InChI=1S/C16H21N3OS/c1-11(10-21-4)19(3)16(20)13-9-15(17-2)18-14-8-6-5-7-12(13)14/h5-9,11H,10H2,1-4H3,(H,17,18). The lowest BCUT2D eigenvalue weighted by atomic mass is 10.1. The molecule has 5 heteroatoms. The molecule has 0 saturated heterocycles. The molecule has 1 N–H and O–H groups in total. The fraction of sp³-hybridized carbons (Fsp3) is 0.375. The highest BCUT2D eigenvalue weighted by molar-refractivity contribution is 7.98. The van der Waals surface area contributed by atoms with Crippen LogP contribution in [0.3, 0.4) is 0 Å². The summed E-state index contributed by atoms with van der Waals surface area (Å²) in [6.45, 7) is 2.07. The topological polar surface area (TPSA) is 45.2 Å².